The maximum Gasteiger partial charge on any atom is 0.433 e. The Morgan fingerprint density at radius 1 is 1.40 bits per heavy atom. The molecule has 7 nitrogen and oxygen atoms in total. The Hall–Kier alpha value is -2.23. The van der Waals surface area contributed by atoms with Gasteiger partial charge in [-0.15, -0.1) is 0 Å². The van der Waals surface area contributed by atoms with Gasteiger partial charge in [0.25, 0.3) is 5.91 Å². The second-order valence-corrected chi connectivity index (χ2v) is 3.97. The van der Waals surface area contributed by atoms with E-state index in [2.05, 4.69) is 25.8 Å². The van der Waals surface area contributed by atoms with Gasteiger partial charge in [-0.25, -0.2) is 9.67 Å². The van der Waals surface area contributed by atoms with Gasteiger partial charge in [-0.05, 0) is 22.6 Å². The number of nitrogens with zero attached hydrogens (tertiary/aromatic N) is 5. The highest BCUT2D eigenvalue weighted by molar-refractivity contribution is 6.33. The first kappa shape index (κ1) is 14.2. The monoisotopic (exact) mass is 306 g/mol. The lowest BCUT2D eigenvalue weighted by Crippen LogP contribution is -2.17. The Morgan fingerprint density at radius 3 is 2.60 bits per heavy atom. The summed E-state index contributed by atoms with van der Waals surface area (Å²) in [7, 11) is 1.47. The number of tetrazole rings is 1. The van der Waals surface area contributed by atoms with Gasteiger partial charge in [0.15, 0.2) is 0 Å². The SMILES string of the molecule is Cn1nnnc1NC(=O)c1ccc(C(F)(F)F)nc1Cl. The highest BCUT2D eigenvalue weighted by Gasteiger charge is 2.33. The number of amides is 1. The molecule has 2 heterocycles. The van der Waals surface area contributed by atoms with Crippen LogP contribution in [0.3, 0.4) is 0 Å². The number of aryl methyl sites for hydroxylation is 1. The van der Waals surface area contributed by atoms with Gasteiger partial charge in [-0.2, -0.15) is 13.2 Å². The Balaban J connectivity index is 2.25. The molecule has 2 aromatic rings. The third-order valence-corrected chi connectivity index (χ3v) is 2.52. The van der Waals surface area contributed by atoms with Crippen molar-refractivity contribution in [2.24, 2.45) is 7.05 Å². The second kappa shape index (κ2) is 5.04. The third kappa shape index (κ3) is 2.85. The molecule has 0 atom stereocenters. The van der Waals surface area contributed by atoms with Crippen molar-refractivity contribution < 1.29 is 18.0 Å². The summed E-state index contributed by atoms with van der Waals surface area (Å²) in [5.41, 5.74) is -1.40. The van der Waals surface area contributed by atoms with Crippen LogP contribution >= 0.6 is 11.6 Å². The van der Waals surface area contributed by atoms with E-state index >= 15 is 0 Å². The molecule has 11 heteroatoms. The topological polar surface area (TPSA) is 85.6 Å². The minimum atomic E-state index is -4.63. The van der Waals surface area contributed by atoms with Gasteiger partial charge in [-0.1, -0.05) is 16.7 Å². The molecule has 0 aliphatic carbocycles. The van der Waals surface area contributed by atoms with Crippen molar-refractivity contribution in [3.8, 4) is 0 Å². The van der Waals surface area contributed by atoms with Crippen molar-refractivity contribution in [3.05, 3.63) is 28.5 Å². The third-order valence-electron chi connectivity index (χ3n) is 2.23. The summed E-state index contributed by atoms with van der Waals surface area (Å²) in [6.45, 7) is 0. The number of hydrogen-bond acceptors (Lipinski definition) is 5. The molecule has 0 saturated carbocycles. The van der Waals surface area contributed by atoms with E-state index in [0.717, 1.165) is 6.07 Å². The average Bonchev–Trinajstić information content (AvgIpc) is 2.73. The van der Waals surface area contributed by atoms with Gasteiger partial charge in [0, 0.05) is 7.05 Å². The average molecular weight is 307 g/mol. The van der Waals surface area contributed by atoms with Gasteiger partial charge in [0.1, 0.15) is 10.8 Å². The summed E-state index contributed by atoms with van der Waals surface area (Å²) >= 11 is 5.58. The lowest BCUT2D eigenvalue weighted by atomic mass is 10.2. The maximum atomic E-state index is 12.4. The summed E-state index contributed by atoms with van der Waals surface area (Å²) in [5.74, 6) is -0.750. The van der Waals surface area contributed by atoms with Gasteiger partial charge in [0.2, 0.25) is 5.95 Å². The number of hydrogen-bond donors (Lipinski definition) is 1. The summed E-state index contributed by atoms with van der Waals surface area (Å²) in [6, 6.07) is 1.59. The molecule has 1 amide bonds. The van der Waals surface area contributed by atoms with Crippen LogP contribution in [0.15, 0.2) is 12.1 Å². The van der Waals surface area contributed by atoms with Crippen LogP contribution in [0.25, 0.3) is 0 Å². The predicted octanol–water partition coefficient (Wildman–Crippen LogP) is 1.53. The van der Waals surface area contributed by atoms with Gasteiger partial charge in [0.05, 0.1) is 5.56 Å². The van der Waals surface area contributed by atoms with Crippen LogP contribution in [0.1, 0.15) is 16.1 Å². The van der Waals surface area contributed by atoms with Gasteiger partial charge < -0.3 is 0 Å². The summed E-state index contributed by atoms with van der Waals surface area (Å²) < 4.78 is 38.4. The number of carbonyl (C=O) groups is 1. The molecule has 0 aliphatic heterocycles. The van der Waals surface area contributed by atoms with Crippen LogP contribution < -0.4 is 5.32 Å². The molecular formula is C9H6ClF3N6O. The summed E-state index contributed by atoms with van der Waals surface area (Å²) in [5, 5.41) is 12.0. The van der Waals surface area contributed by atoms with E-state index in [1.54, 1.807) is 0 Å². The first-order valence-electron chi connectivity index (χ1n) is 5.06. The fraction of sp³-hybridized carbons (Fsp3) is 0.222. The number of nitrogens with one attached hydrogen (secondary N) is 1. The fourth-order valence-electron chi connectivity index (χ4n) is 1.27. The number of halogens is 4. The van der Waals surface area contributed by atoms with Crippen molar-refractivity contribution in [2.75, 3.05) is 5.32 Å². The van der Waals surface area contributed by atoms with E-state index in [4.69, 9.17) is 11.6 Å². The summed E-state index contributed by atoms with van der Waals surface area (Å²) in [6.07, 6.45) is -4.63. The largest absolute Gasteiger partial charge is 0.433 e. The molecule has 2 aromatic heterocycles. The molecule has 0 bridgehead atoms. The van der Waals surface area contributed by atoms with E-state index in [9.17, 15) is 18.0 Å². The van der Waals surface area contributed by atoms with E-state index in [1.807, 2.05) is 0 Å². The normalized spacial score (nSPS) is 11.4. The molecule has 0 fully saturated rings. The number of alkyl halides is 3. The molecular weight excluding hydrogens is 301 g/mol. The van der Waals surface area contributed by atoms with Crippen LogP contribution in [0.4, 0.5) is 19.1 Å². The van der Waals surface area contributed by atoms with E-state index < -0.39 is 22.9 Å². The first-order valence-corrected chi connectivity index (χ1v) is 5.44. The minimum Gasteiger partial charge on any atom is -0.289 e. The number of anilines is 1. The Bertz CT molecular complexity index is 655. The number of pyridine rings is 1. The highest BCUT2D eigenvalue weighted by atomic mass is 35.5. The van der Waals surface area contributed by atoms with Gasteiger partial charge >= 0.3 is 6.18 Å². The van der Waals surface area contributed by atoms with Crippen molar-refractivity contribution >= 4 is 23.5 Å². The zero-order valence-corrected chi connectivity index (χ0v) is 10.6. The summed E-state index contributed by atoms with van der Waals surface area (Å²) in [4.78, 5) is 15.0. The minimum absolute atomic E-state index is 0.0194. The quantitative estimate of drug-likeness (QED) is 0.850. The number of rotatable bonds is 2. The van der Waals surface area contributed by atoms with Crippen molar-refractivity contribution in [1.82, 2.24) is 25.2 Å². The first-order chi connectivity index (χ1) is 9.29. The maximum absolute atomic E-state index is 12.4. The second-order valence-electron chi connectivity index (χ2n) is 3.61. The van der Waals surface area contributed by atoms with Crippen LogP contribution in [-0.4, -0.2) is 31.1 Å². The fourth-order valence-corrected chi connectivity index (χ4v) is 1.51. The molecule has 0 unspecified atom stereocenters. The molecule has 20 heavy (non-hydrogen) atoms. The van der Waals surface area contributed by atoms with Crippen LogP contribution in [0.5, 0.6) is 0 Å². The molecule has 0 saturated heterocycles. The number of aromatic nitrogens is 5. The zero-order valence-electron chi connectivity index (χ0n) is 9.81. The predicted molar refractivity (Wildman–Crippen MR) is 61.0 cm³/mol. The molecule has 106 valence electrons. The van der Waals surface area contributed by atoms with Crippen molar-refractivity contribution in [2.45, 2.75) is 6.18 Å². The van der Waals surface area contributed by atoms with E-state index in [1.165, 1.54) is 11.7 Å². The molecule has 2 rings (SSSR count). The molecule has 0 radical (unpaired) electrons. The lowest BCUT2D eigenvalue weighted by molar-refractivity contribution is -0.141. The van der Waals surface area contributed by atoms with E-state index in [0.29, 0.717) is 6.07 Å². The highest BCUT2D eigenvalue weighted by Crippen LogP contribution is 2.29. The van der Waals surface area contributed by atoms with Crippen LogP contribution in [0, 0.1) is 0 Å². The van der Waals surface area contributed by atoms with E-state index in [-0.39, 0.29) is 11.5 Å². The molecule has 0 aliphatic rings. The van der Waals surface area contributed by atoms with Crippen molar-refractivity contribution in [3.63, 3.8) is 0 Å². The standard InChI is InChI=1S/C9H6ClF3N6O/c1-19-8(16-17-18-19)15-7(20)4-2-3-5(9(11,12)13)14-6(4)10/h2-3H,1H3,(H,15,16,18,20). The van der Waals surface area contributed by atoms with Gasteiger partial charge in [-0.3, -0.25) is 10.1 Å². The Kier molecular flexibility index (Phi) is 3.57. The molecule has 0 spiro atoms. The molecule has 1 N–H and O–H groups in total. The Morgan fingerprint density at radius 2 is 2.10 bits per heavy atom. The molecule has 0 aromatic carbocycles. The Labute approximate surface area is 114 Å². The van der Waals surface area contributed by atoms with Crippen LogP contribution in [-0.2, 0) is 13.2 Å². The van der Waals surface area contributed by atoms with Crippen molar-refractivity contribution in [1.29, 1.82) is 0 Å². The number of carbonyl (C=O) groups excluding carboxylic acids is 1. The zero-order chi connectivity index (χ0) is 14.9. The lowest BCUT2D eigenvalue weighted by Gasteiger charge is -2.08. The smallest absolute Gasteiger partial charge is 0.289 e. The van der Waals surface area contributed by atoms with Crippen LogP contribution in [0.2, 0.25) is 5.15 Å².